The average Bonchev–Trinajstić information content (AvgIpc) is 2.43. The summed E-state index contributed by atoms with van der Waals surface area (Å²) in [4.78, 5) is 25.2. The number of aryl methyl sites for hydroxylation is 1. The standard InChI is InChI=1S/C16H12O5/c1-7-5-9-12(11(18)6-7)14(19)8-3-4-10(17)16(21-2)13(8)15(9)20/h3-6,17-18H,1-2H3. The number of carbonyl (C=O) groups excluding carboxylic acids is 2. The number of phenolic OH excluding ortho intramolecular Hbond substituents is 2. The van der Waals surface area contributed by atoms with Crippen LogP contribution in [0.25, 0.3) is 0 Å². The van der Waals surface area contributed by atoms with Gasteiger partial charge in [-0.15, -0.1) is 0 Å². The number of hydrogen-bond acceptors (Lipinski definition) is 5. The quantitative estimate of drug-likeness (QED) is 0.715. The first-order valence-electron chi connectivity index (χ1n) is 6.28. The molecule has 2 aromatic carbocycles. The Balaban J connectivity index is 2.39. The van der Waals surface area contributed by atoms with E-state index >= 15 is 0 Å². The molecule has 106 valence electrons. The van der Waals surface area contributed by atoms with Gasteiger partial charge in [-0.05, 0) is 36.8 Å². The number of carbonyl (C=O) groups is 2. The Morgan fingerprint density at radius 2 is 1.57 bits per heavy atom. The van der Waals surface area contributed by atoms with Crippen molar-refractivity contribution in [3.05, 3.63) is 52.1 Å². The van der Waals surface area contributed by atoms with Crippen LogP contribution in [-0.2, 0) is 0 Å². The molecule has 21 heavy (non-hydrogen) atoms. The maximum Gasteiger partial charge on any atom is 0.198 e. The highest BCUT2D eigenvalue weighted by atomic mass is 16.5. The van der Waals surface area contributed by atoms with E-state index in [1.165, 1.54) is 25.3 Å². The van der Waals surface area contributed by atoms with Crippen molar-refractivity contribution in [2.24, 2.45) is 0 Å². The van der Waals surface area contributed by atoms with E-state index in [4.69, 9.17) is 4.74 Å². The summed E-state index contributed by atoms with van der Waals surface area (Å²) in [6.45, 7) is 1.72. The number of benzene rings is 2. The Hall–Kier alpha value is -2.82. The lowest BCUT2D eigenvalue weighted by Gasteiger charge is -2.21. The summed E-state index contributed by atoms with van der Waals surface area (Å²) < 4.78 is 5.05. The Morgan fingerprint density at radius 3 is 2.24 bits per heavy atom. The molecule has 5 heteroatoms. The molecule has 0 spiro atoms. The predicted octanol–water partition coefficient (Wildman–Crippen LogP) is 2.19. The molecule has 0 amide bonds. The molecule has 2 aromatic rings. The largest absolute Gasteiger partial charge is 0.507 e. The van der Waals surface area contributed by atoms with Crippen LogP contribution in [0.2, 0.25) is 0 Å². The first kappa shape index (κ1) is 13.2. The second-order valence-electron chi connectivity index (χ2n) is 4.91. The zero-order valence-corrected chi connectivity index (χ0v) is 11.4. The number of fused-ring (bicyclic) bond motifs is 2. The molecule has 0 radical (unpaired) electrons. The lowest BCUT2D eigenvalue weighted by Crippen LogP contribution is -2.22. The molecule has 0 heterocycles. The van der Waals surface area contributed by atoms with Gasteiger partial charge < -0.3 is 14.9 Å². The number of methoxy groups -OCH3 is 1. The van der Waals surface area contributed by atoms with E-state index in [0.717, 1.165) is 0 Å². The molecule has 0 aromatic heterocycles. The van der Waals surface area contributed by atoms with Crippen LogP contribution in [0.1, 0.15) is 37.4 Å². The monoisotopic (exact) mass is 284 g/mol. The minimum atomic E-state index is -0.463. The van der Waals surface area contributed by atoms with Gasteiger partial charge >= 0.3 is 0 Å². The van der Waals surface area contributed by atoms with Crippen molar-refractivity contribution in [2.45, 2.75) is 6.92 Å². The number of ether oxygens (including phenoxy) is 1. The van der Waals surface area contributed by atoms with E-state index in [-0.39, 0.29) is 39.5 Å². The van der Waals surface area contributed by atoms with Crippen molar-refractivity contribution < 1.29 is 24.5 Å². The van der Waals surface area contributed by atoms with Gasteiger partial charge in [-0.1, -0.05) is 0 Å². The lowest BCUT2D eigenvalue weighted by atomic mass is 9.82. The van der Waals surface area contributed by atoms with Crippen LogP contribution in [-0.4, -0.2) is 28.9 Å². The number of rotatable bonds is 1. The summed E-state index contributed by atoms with van der Waals surface area (Å²) in [6, 6.07) is 5.63. The fourth-order valence-corrected chi connectivity index (χ4v) is 2.65. The first-order chi connectivity index (χ1) is 9.95. The third kappa shape index (κ3) is 1.71. The van der Waals surface area contributed by atoms with E-state index in [0.29, 0.717) is 5.56 Å². The third-order valence-electron chi connectivity index (χ3n) is 3.55. The van der Waals surface area contributed by atoms with Crippen molar-refractivity contribution in [3.63, 3.8) is 0 Å². The van der Waals surface area contributed by atoms with Gasteiger partial charge in [0, 0.05) is 11.1 Å². The average molecular weight is 284 g/mol. The lowest BCUT2D eigenvalue weighted by molar-refractivity contribution is 0.0973. The number of aromatic hydroxyl groups is 2. The Labute approximate surface area is 120 Å². The summed E-state index contributed by atoms with van der Waals surface area (Å²) in [5.41, 5.74) is 0.913. The number of hydrogen-bond donors (Lipinski definition) is 2. The van der Waals surface area contributed by atoms with Gasteiger partial charge in [0.25, 0.3) is 0 Å². The van der Waals surface area contributed by atoms with Gasteiger partial charge in [0.15, 0.2) is 23.1 Å². The van der Waals surface area contributed by atoms with Gasteiger partial charge in [-0.3, -0.25) is 9.59 Å². The van der Waals surface area contributed by atoms with Crippen molar-refractivity contribution in [3.8, 4) is 17.2 Å². The van der Waals surface area contributed by atoms with Gasteiger partial charge in [-0.25, -0.2) is 0 Å². The van der Waals surface area contributed by atoms with Gasteiger partial charge in [0.1, 0.15) is 5.75 Å². The van der Waals surface area contributed by atoms with Crippen LogP contribution in [0.4, 0.5) is 0 Å². The molecule has 0 bridgehead atoms. The molecule has 3 rings (SSSR count). The van der Waals surface area contributed by atoms with E-state index < -0.39 is 11.6 Å². The molecule has 2 N–H and O–H groups in total. The second-order valence-corrected chi connectivity index (χ2v) is 4.91. The molecule has 0 atom stereocenters. The second kappa shape index (κ2) is 4.34. The van der Waals surface area contributed by atoms with Crippen LogP contribution in [0.15, 0.2) is 24.3 Å². The summed E-state index contributed by atoms with van der Waals surface area (Å²) in [5.74, 6) is -1.38. The number of phenols is 2. The molecule has 0 aliphatic heterocycles. The van der Waals surface area contributed by atoms with Crippen LogP contribution in [0.5, 0.6) is 17.2 Å². The van der Waals surface area contributed by atoms with Crippen LogP contribution in [0, 0.1) is 6.92 Å². The Morgan fingerprint density at radius 1 is 0.905 bits per heavy atom. The predicted molar refractivity (Wildman–Crippen MR) is 74.4 cm³/mol. The summed E-state index contributed by atoms with van der Waals surface area (Å²) in [6.07, 6.45) is 0. The molecule has 1 aliphatic carbocycles. The molecular formula is C16H12O5. The fourth-order valence-electron chi connectivity index (χ4n) is 2.65. The van der Waals surface area contributed by atoms with Gasteiger partial charge in [0.05, 0.1) is 18.2 Å². The Kier molecular flexibility index (Phi) is 2.73. The van der Waals surface area contributed by atoms with Crippen molar-refractivity contribution in [1.29, 1.82) is 0 Å². The van der Waals surface area contributed by atoms with Crippen LogP contribution in [0.3, 0.4) is 0 Å². The van der Waals surface area contributed by atoms with Gasteiger partial charge in [-0.2, -0.15) is 0 Å². The van der Waals surface area contributed by atoms with E-state index in [1.807, 2.05) is 0 Å². The minimum Gasteiger partial charge on any atom is -0.507 e. The van der Waals surface area contributed by atoms with E-state index in [2.05, 4.69) is 0 Å². The summed E-state index contributed by atoms with van der Waals surface area (Å²) in [5, 5.41) is 19.8. The van der Waals surface area contributed by atoms with Crippen LogP contribution >= 0.6 is 0 Å². The molecule has 0 saturated carbocycles. The Bertz CT molecular complexity index is 805. The fraction of sp³-hybridized carbons (Fsp3) is 0.125. The molecule has 5 nitrogen and oxygen atoms in total. The normalized spacial score (nSPS) is 12.9. The smallest absolute Gasteiger partial charge is 0.198 e. The molecular weight excluding hydrogens is 272 g/mol. The van der Waals surface area contributed by atoms with E-state index in [9.17, 15) is 19.8 Å². The zero-order valence-electron chi connectivity index (χ0n) is 11.4. The first-order valence-corrected chi connectivity index (χ1v) is 6.28. The van der Waals surface area contributed by atoms with Crippen LogP contribution < -0.4 is 4.74 Å². The molecule has 0 saturated heterocycles. The molecule has 1 aliphatic rings. The zero-order chi connectivity index (χ0) is 15.3. The minimum absolute atomic E-state index is 0.00848. The maximum atomic E-state index is 12.6. The van der Waals surface area contributed by atoms with Crippen molar-refractivity contribution >= 4 is 11.6 Å². The summed E-state index contributed by atoms with van der Waals surface area (Å²) in [7, 11) is 1.32. The summed E-state index contributed by atoms with van der Waals surface area (Å²) >= 11 is 0. The molecule has 0 unspecified atom stereocenters. The molecule has 0 fully saturated rings. The topological polar surface area (TPSA) is 83.8 Å². The van der Waals surface area contributed by atoms with Crippen molar-refractivity contribution in [2.75, 3.05) is 7.11 Å². The highest BCUT2D eigenvalue weighted by Gasteiger charge is 2.35. The highest BCUT2D eigenvalue weighted by molar-refractivity contribution is 6.30. The number of ketones is 2. The van der Waals surface area contributed by atoms with E-state index in [1.54, 1.807) is 13.0 Å². The third-order valence-corrected chi connectivity index (χ3v) is 3.55. The highest BCUT2D eigenvalue weighted by Crippen LogP contribution is 2.40. The SMILES string of the molecule is COc1c(O)ccc2c1C(=O)c1cc(C)cc(O)c1C2=O. The van der Waals surface area contributed by atoms with Crippen molar-refractivity contribution in [1.82, 2.24) is 0 Å². The maximum absolute atomic E-state index is 12.6. The van der Waals surface area contributed by atoms with Gasteiger partial charge in [0.2, 0.25) is 0 Å².